The van der Waals surface area contributed by atoms with E-state index in [-0.39, 0.29) is 19.3 Å². The van der Waals surface area contributed by atoms with Crippen molar-refractivity contribution in [3.63, 3.8) is 0 Å². The molecule has 0 aliphatic carbocycles. The predicted octanol–water partition coefficient (Wildman–Crippen LogP) is 11.6. The number of aliphatic hydroxyl groups is 2. The average Bonchev–Trinajstić information content (AvgIpc) is 3.17. The Labute approximate surface area is 340 Å². The van der Waals surface area contributed by atoms with Gasteiger partial charge in [0.2, 0.25) is 0 Å². The standard InChI is InChI=1S/C46H90N2O5S/c1-3-5-7-9-11-13-15-17-19-21-23-25-27-29-31-33-41-51-43-45(53-46(54)47-35-36-48(37-39-49)38-40-50)44-52-42-34-32-30-28-26-24-22-20-18-16-14-12-10-8-6-4-2/h17-20,45,49-50H,3-16,21-44H2,1-2H3,(H,47,54). The number of hydrogen-bond acceptors (Lipinski definition) is 7. The largest absolute Gasteiger partial charge is 0.463 e. The van der Waals surface area contributed by atoms with E-state index in [9.17, 15) is 10.2 Å². The molecule has 0 aliphatic heterocycles. The first-order valence-electron chi connectivity index (χ1n) is 23.0. The first kappa shape index (κ1) is 53.0. The molecule has 0 saturated carbocycles. The summed E-state index contributed by atoms with van der Waals surface area (Å²) >= 11 is 5.49. The number of nitrogens with one attached hydrogen (secondary N) is 1. The highest BCUT2D eigenvalue weighted by atomic mass is 32.1. The third-order valence-electron chi connectivity index (χ3n) is 10.0. The molecule has 0 unspecified atom stereocenters. The van der Waals surface area contributed by atoms with Gasteiger partial charge in [-0.15, -0.1) is 0 Å². The van der Waals surface area contributed by atoms with E-state index in [0.29, 0.717) is 44.6 Å². The quantitative estimate of drug-likeness (QED) is 0.0320. The smallest absolute Gasteiger partial charge is 0.257 e. The Morgan fingerprint density at radius 2 is 0.870 bits per heavy atom. The summed E-state index contributed by atoms with van der Waals surface area (Å²) in [5.41, 5.74) is 0. The van der Waals surface area contributed by atoms with Gasteiger partial charge in [-0.2, -0.15) is 0 Å². The summed E-state index contributed by atoms with van der Waals surface area (Å²) in [5, 5.41) is 22.0. The van der Waals surface area contributed by atoms with Crippen LogP contribution in [0.2, 0.25) is 0 Å². The summed E-state index contributed by atoms with van der Waals surface area (Å²) < 4.78 is 18.1. The maximum Gasteiger partial charge on any atom is 0.257 e. The fraction of sp³-hybridized carbons (Fsp3) is 0.891. The molecular formula is C46H90N2O5S. The number of thiocarbonyl (C=S) groups is 1. The molecule has 0 rings (SSSR count). The van der Waals surface area contributed by atoms with Crippen LogP contribution in [0.5, 0.6) is 0 Å². The number of aliphatic hydroxyl groups excluding tert-OH is 2. The van der Waals surface area contributed by atoms with Crippen LogP contribution < -0.4 is 5.32 Å². The third-order valence-corrected chi connectivity index (χ3v) is 10.3. The summed E-state index contributed by atoms with van der Waals surface area (Å²) in [5.74, 6) is 0. The van der Waals surface area contributed by atoms with Crippen LogP contribution in [-0.4, -0.2) is 92.2 Å². The first-order chi connectivity index (χ1) is 26.7. The van der Waals surface area contributed by atoms with Crippen LogP contribution in [0.15, 0.2) is 24.3 Å². The highest BCUT2D eigenvalue weighted by Gasteiger charge is 2.14. The molecule has 0 atom stereocenters. The SMILES string of the molecule is CCCCCCCCC=CCCCCCCCCOCC(COCCCCCCCCC=CCCCCCCCC)OC(=S)NCCN(CCO)CCO. The Hall–Kier alpha value is -1.03. The van der Waals surface area contributed by atoms with E-state index in [1.54, 1.807) is 0 Å². The summed E-state index contributed by atoms with van der Waals surface area (Å²) in [6.07, 6.45) is 45.7. The zero-order chi connectivity index (χ0) is 39.3. The Balaban J connectivity index is 4.12. The summed E-state index contributed by atoms with van der Waals surface area (Å²) in [6, 6.07) is 0. The molecule has 3 N–H and O–H groups in total. The molecule has 0 aromatic heterocycles. The Kier molecular flexibility index (Phi) is 45.5. The monoisotopic (exact) mass is 783 g/mol. The van der Waals surface area contributed by atoms with E-state index < -0.39 is 0 Å². The van der Waals surface area contributed by atoms with Gasteiger partial charge in [-0.1, -0.05) is 154 Å². The second-order valence-corrected chi connectivity index (χ2v) is 15.6. The zero-order valence-electron chi connectivity index (χ0n) is 35.7. The lowest BCUT2D eigenvalue weighted by molar-refractivity contribution is -0.0138. The van der Waals surface area contributed by atoms with Crippen LogP contribution in [0.25, 0.3) is 0 Å². The van der Waals surface area contributed by atoms with E-state index in [0.717, 1.165) is 26.1 Å². The van der Waals surface area contributed by atoms with Crippen molar-refractivity contribution in [1.29, 1.82) is 0 Å². The molecule has 8 heteroatoms. The Morgan fingerprint density at radius 3 is 1.24 bits per heavy atom. The molecule has 54 heavy (non-hydrogen) atoms. The first-order valence-corrected chi connectivity index (χ1v) is 23.4. The van der Waals surface area contributed by atoms with Crippen molar-refractivity contribution in [2.75, 3.05) is 65.8 Å². The highest BCUT2D eigenvalue weighted by Crippen LogP contribution is 2.12. The van der Waals surface area contributed by atoms with Crippen LogP contribution in [0, 0.1) is 0 Å². The molecular weight excluding hydrogens is 693 g/mol. The van der Waals surface area contributed by atoms with Crippen molar-refractivity contribution in [3.05, 3.63) is 24.3 Å². The van der Waals surface area contributed by atoms with Gasteiger partial charge < -0.3 is 29.7 Å². The number of allylic oxidation sites excluding steroid dienone is 4. The molecule has 0 radical (unpaired) electrons. The van der Waals surface area contributed by atoms with Crippen LogP contribution in [0.4, 0.5) is 0 Å². The number of ether oxygens (including phenoxy) is 3. The molecule has 7 nitrogen and oxygen atoms in total. The number of hydrogen-bond donors (Lipinski definition) is 3. The van der Waals surface area contributed by atoms with Crippen molar-refractivity contribution >= 4 is 17.4 Å². The molecule has 0 heterocycles. The molecule has 0 aromatic carbocycles. The van der Waals surface area contributed by atoms with E-state index >= 15 is 0 Å². The summed E-state index contributed by atoms with van der Waals surface area (Å²) in [4.78, 5) is 1.99. The van der Waals surface area contributed by atoms with Crippen molar-refractivity contribution in [3.8, 4) is 0 Å². The molecule has 0 amide bonds. The lowest BCUT2D eigenvalue weighted by atomic mass is 10.1. The number of rotatable bonds is 44. The Morgan fingerprint density at radius 1 is 0.519 bits per heavy atom. The maximum atomic E-state index is 9.26. The average molecular weight is 783 g/mol. The molecule has 0 spiro atoms. The highest BCUT2D eigenvalue weighted by molar-refractivity contribution is 7.80. The fourth-order valence-corrected chi connectivity index (χ4v) is 6.81. The lowest BCUT2D eigenvalue weighted by Crippen LogP contribution is -2.40. The van der Waals surface area contributed by atoms with Gasteiger partial charge in [0.15, 0.2) is 0 Å². The number of nitrogens with zero attached hydrogens (tertiary/aromatic N) is 1. The minimum Gasteiger partial charge on any atom is -0.463 e. The third kappa shape index (κ3) is 42.1. The molecule has 0 bridgehead atoms. The van der Waals surface area contributed by atoms with Gasteiger partial charge in [0.25, 0.3) is 5.17 Å². The maximum absolute atomic E-state index is 9.26. The topological polar surface area (TPSA) is 83.4 Å². The van der Waals surface area contributed by atoms with Crippen LogP contribution in [0.3, 0.4) is 0 Å². The van der Waals surface area contributed by atoms with Crippen LogP contribution in [-0.2, 0) is 14.2 Å². The normalized spacial score (nSPS) is 12.5. The second kappa shape index (κ2) is 46.4. The van der Waals surface area contributed by atoms with Crippen molar-refractivity contribution in [2.45, 2.75) is 200 Å². The fourth-order valence-electron chi connectivity index (χ4n) is 6.58. The zero-order valence-corrected chi connectivity index (χ0v) is 36.5. The Bertz CT molecular complexity index is 747. The van der Waals surface area contributed by atoms with Gasteiger partial charge in [-0.25, -0.2) is 0 Å². The van der Waals surface area contributed by atoms with Crippen LogP contribution >= 0.6 is 12.2 Å². The van der Waals surface area contributed by atoms with E-state index in [1.807, 2.05) is 4.90 Å². The van der Waals surface area contributed by atoms with Gasteiger partial charge in [-0.3, -0.25) is 4.90 Å². The van der Waals surface area contributed by atoms with Crippen molar-refractivity contribution in [1.82, 2.24) is 10.2 Å². The molecule has 320 valence electrons. The van der Waals surface area contributed by atoms with Gasteiger partial charge in [0.1, 0.15) is 6.10 Å². The van der Waals surface area contributed by atoms with E-state index in [2.05, 4.69) is 43.5 Å². The van der Waals surface area contributed by atoms with Gasteiger partial charge in [0.05, 0.1) is 26.4 Å². The summed E-state index contributed by atoms with van der Waals surface area (Å²) in [6.45, 7) is 9.34. The van der Waals surface area contributed by atoms with Crippen molar-refractivity contribution < 1.29 is 24.4 Å². The van der Waals surface area contributed by atoms with E-state index in [4.69, 9.17) is 26.4 Å². The van der Waals surface area contributed by atoms with Crippen molar-refractivity contribution in [2.24, 2.45) is 0 Å². The molecule has 0 saturated heterocycles. The predicted molar refractivity (Wildman–Crippen MR) is 237 cm³/mol. The molecule has 0 aromatic rings. The van der Waals surface area contributed by atoms with Gasteiger partial charge in [0, 0.05) is 39.4 Å². The van der Waals surface area contributed by atoms with Gasteiger partial charge in [-0.05, 0) is 76.4 Å². The summed E-state index contributed by atoms with van der Waals surface area (Å²) in [7, 11) is 0. The minimum atomic E-state index is -0.251. The second-order valence-electron chi connectivity index (χ2n) is 15.3. The number of unbranched alkanes of at least 4 members (excludes halogenated alkanes) is 24. The van der Waals surface area contributed by atoms with Crippen LogP contribution in [0.1, 0.15) is 194 Å². The van der Waals surface area contributed by atoms with E-state index in [1.165, 1.54) is 167 Å². The molecule has 0 aliphatic rings. The molecule has 0 fully saturated rings. The lowest BCUT2D eigenvalue weighted by Gasteiger charge is -2.23. The van der Waals surface area contributed by atoms with Gasteiger partial charge >= 0.3 is 0 Å². The minimum absolute atomic E-state index is 0.0612.